The molecule has 1 amide bonds. The Morgan fingerprint density at radius 3 is 2.60 bits per heavy atom. The Hall–Kier alpha value is -2.18. The van der Waals surface area contributed by atoms with E-state index in [9.17, 15) is 9.90 Å². The number of hydrogen-bond donors (Lipinski definition) is 3. The van der Waals surface area contributed by atoms with E-state index in [4.69, 9.17) is 0 Å². The maximum Gasteiger partial charge on any atom is 0.279 e. The van der Waals surface area contributed by atoms with E-state index in [0.717, 1.165) is 42.4 Å². The van der Waals surface area contributed by atoms with Crippen LogP contribution in [0.5, 0.6) is 5.75 Å². The zero-order valence-corrected chi connectivity index (χ0v) is 15.2. The van der Waals surface area contributed by atoms with E-state index in [-0.39, 0.29) is 11.7 Å². The Morgan fingerprint density at radius 1 is 1.20 bits per heavy atom. The van der Waals surface area contributed by atoms with Crippen molar-refractivity contribution in [1.29, 1.82) is 0 Å². The van der Waals surface area contributed by atoms with Crippen LogP contribution in [0.3, 0.4) is 0 Å². The first kappa shape index (κ1) is 17.6. The van der Waals surface area contributed by atoms with Gasteiger partial charge in [-0.05, 0) is 48.7 Å². The van der Waals surface area contributed by atoms with Crippen LogP contribution in [0, 0.1) is 0 Å². The van der Waals surface area contributed by atoms with Crippen LogP contribution < -0.4 is 15.1 Å². The van der Waals surface area contributed by atoms with E-state index in [2.05, 4.69) is 10.2 Å². The van der Waals surface area contributed by atoms with Crippen molar-refractivity contribution in [3.63, 3.8) is 0 Å². The molecule has 0 saturated carbocycles. The van der Waals surface area contributed by atoms with E-state index in [1.165, 1.54) is 4.90 Å². The molecule has 0 unspecified atom stereocenters. The molecule has 0 aliphatic carbocycles. The molecule has 2 aromatic carbocycles. The quantitative estimate of drug-likeness (QED) is 0.709. The number of hydrogen-bond acceptors (Lipinski definition) is 4. The van der Waals surface area contributed by atoms with Crippen molar-refractivity contribution in [2.45, 2.75) is 4.90 Å². The Morgan fingerprint density at radius 2 is 1.92 bits per heavy atom. The second-order valence-electron chi connectivity index (χ2n) is 6.21. The van der Waals surface area contributed by atoms with Crippen molar-refractivity contribution in [2.75, 3.05) is 49.2 Å². The van der Waals surface area contributed by atoms with Crippen LogP contribution in [-0.4, -0.2) is 50.0 Å². The molecule has 1 saturated heterocycles. The summed E-state index contributed by atoms with van der Waals surface area (Å²) in [6, 6.07) is 15.2. The lowest BCUT2D eigenvalue weighted by atomic mass is 10.2. The number of nitrogens with one attached hydrogen (secondary N) is 2. The highest BCUT2D eigenvalue weighted by molar-refractivity contribution is 7.98. The van der Waals surface area contributed by atoms with E-state index in [1.807, 2.05) is 42.7 Å². The maximum absolute atomic E-state index is 12.3. The number of carbonyl (C=O) groups is 1. The summed E-state index contributed by atoms with van der Waals surface area (Å²) >= 11 is 1.67. The third-order valence-electron chi connectivity index (χ3n) is 4.45. The molecule has 25 heavy (non-hydrogen) atoms. The van der Waals surface area contributed by atoms with E-state index < -0.39 is 0 Å². The van der Waals surface area contributed by atoms with Crippen molar-refractivity contribution in [3.8, 4) is 5.75 Å². The Kier molecular flexibility index (Phi) is 5.83. The van der Waals surface area contributed by atoms with Gasteiger partial charge in [-0.3, -0.25) is 4.79 Å². The molecule has 0 radical (unpaired) electrons. The molecular formula is C19H24N3O2S+. The van der Waals surface area contributed by atoms with Gasteiger partial charge in [0.2, 0.25) is 0 Å². The number of anilines is 2. The number of amides is 1. The molecule has 1 heterocycles. The summed E-state index contributed by atoms with van der Waals surface area (Å²) in [7, 11) is 0. The summed E-state index contributed by atoms with van der Waals surface area (Å²) in [6.07, 6.45) is 2.03. The van der Waals surface area contributed by atoms with Gasteiger partial charge in [0.05, 0.1) is 26.2 Å². The van der Waals surface area contributed by atoms with Crippen LogP contribution >= 0.6 is 11.8 Å². The molecule has 0 atom stereocenters. The van der Waals surface area contributed by atoms with Gasteiger partial charge >= 0.3 is 0 Å². The predicted octanol–water partition coefficient (Wildman–Crippen LogP) is 1.46. The molecule has 3 rings (SSSR count). The van der Waals surface area contributed by atoms with E-state index in [0.29, 0.717) is 6.54 Å². The predicted molar refractivity (Wildman–Crippen MR) is 103 cm³/mol. The van der Waals surface area contributed by atoms with Crippen molar-refractivity contribution in [3.05, 3.63) is 48.5 Å². The maximum atomic E-state index is 12.3. The first-order valence-corrected chi connectivity index (χ1v) is 9.68. The third-order valence-corrected chi connectivity index (χ3v) is 5.17. The van der Waals surface area contributed by atoms with Gasteiger partial charge < -0.3 is 20.2 Å². The lowest BCUT2D eigenvalue weighted by Crippen LogP contribution is -3.15. The van der Waals surface area contributed by atoms with Crippen molar-refractivity contribution in [1.82, 2.24) is 0 Å². The van der Waals surface area contributed by atoms with Gasteiger partial charge in [0.1, 0.15) is 5.75 Å². The van der Waals surface area contributed by atoms with Gasteiger partial charge in [-0.15, -0.1) is 11.8 Å². The Bertz CT molecular complexity index is 713. The minimum Gasteiger partial charge on any atom is -0.508 e. The number of nitrogens with zero attached hydrogens (tertiary/aromatic N) is 1. The molecule has 132 valence electrons. The number of carbonyl (C=O) groups excluding carboxylic acids is 1. The second-order valence-corrected chi connectivity index (χ2v) is 7.09. The molecule has 1 aliphatic rings. The van der Waals surface area contributed by atoms with Gasteiger partial charge in [0.15, 0.2) is 6.54 Å². The first-order valence-electron chi connectivity index (χ1n) is 8.45. The fourth-order valence-corrected chi connectivity index (χ4v) is 3.51. The first-order chi connectivity index (χ1) is 12.1. The number of phenols is 1. The molecule has 5 nitrogen and oxygen atoms in total. The van der Waals surface area contributed by atoms with Gasteiger partial charge in [0, 0.05) is 16.3 Å². The van der Waals surface area contributed by atoms with E-state index in [1.54, 1.807) is 23.9 Å². The average Bonchev–Trinajstić information content (AvgIpc) is 2.63. The molecule has 1 fully saturated rings. The van der Waals surface area contributed by atoms with Crippen molar-refractivity contribution < 1.29 is 14.8 Å². The summed E-state index contributed by atoms with van der Waals surface area (Å²) in [5.74, 6) is 0.349. The lowest BCUT2D eigenvalue weighted by molar-refractivity contribution is -0.892. The molecule has 2 aromatic rings. The molecule has 0 aromatic heterocycles. The Labute approximate surface area is 152 Å². The minimum atomic E-state index is 0.0614. The SMILES string of the molecule is CSc1cccc(NC(=O)C[NH+]2CCN(c3ccc(O)cc3)CC2)c1. The third kappa shape index (κ3) is 4.90. The summed E-state index contributed by atoms with van der Waals surface area (Å²) < 4.78 is 0. The van der Waals surface area contributed by atoms with Crippen LogP contribution in [0.15, 0.2) is 53.4 Å². The zero-order valence-electron chi connectivity index (χ0n) is 14.4. The zero-order chi connectivity index (χ0) is 17.6. The number of quaternary nitrogens is 1. The highest BCUT2D eigenvalue weighted by Crippen LogP contribution is 2.19. The molecule has 1 aliphatic heterocycles. The minimum absolute atomic E-state index is 0.0614. The normalized spacial score (nSPS) is 15.2. The van der Waals surface area contributed by atoms with Gasteiger partial charge in [-0.25, -0.2) is 0 Å². The molecule has 6 heteroatoms. The highest BCUT2D eigenvalue weighted by Gasteiger charge is 2.22. The topological polar surface area (TPSA) is 57.0 Å². The Balaban J connectivity index is 1.48. The largest absolute Gasteiger partial charge is 0.508 e. The smallest absolute Gasteiger partial charge is 0.279 e. The van der Waals surface area contributed by atoms with Crippen molar-refractivity contribution in [2.24, 2.45) is 0 Å². The summed E-state index contributed by atoms with van der Waals surface area (Å²) in [6.45, 7) is 4.18. The van der Waals surface area contributed by atoms with Crippen LogP contribution in [0.25, 0.3) is 0 Å². The average molecular weight is 358 g/mol. The number of phenolic OH excluding ortho intramolecular Hbond substituents is 1. The van der Waals surface area contributed by atoms with Crippen LogP contribution in [-0.2, 0) is 4.79 Å². The highest BCUT2D eigenvalue weighted by atomic mass is 32.2. The summed E-state index contributed by atoms with van der Waals surface area (Å²) in [5.41, 5.74) is 1.98. The van der Waals surface area contributed by atoms with Crippen molar-refractivity contribution >= 4 is 29.0 Å². The van der Waals surface area contributed by atoms with Crippen LogP contribution in [0.2, 0.25) is 0 Å². The second kappa shape index (κ2) is 8.27. The van der Waals surface area contributed by atoms with Gasteiger partial charge in [0.25, 0.3) is 5.91 Å². The number of piperazine rings is 1. The monoisotopic (exact) mass is 358 g/mol. The number of rotatable bonds is 5. The van der Waals surface area contributed by atoms with Crippen LogP contribution in [0.1, 0.15) is 0 Å². The molecule has 3 N–H and O–H groups in total. The summed E-state index contributed by atoms with van der Waals surface area (Å²) in [5, 5.41) is 12.4. The number of thioether (sulfide) groups is 1. The molecule has 0 bridgehead atoms. The molecular weight excluding hydrogens is 334 g/mol. The molecule has 0 spiro atoms. The van der Waals surface area contributed by atoms with Crippen LogP contribution in [0.4, 0.5) is 11.4 Å². The van der Waals surface area contributed by atoms with Gasteiger partial charge in [-0.2, -0.15) is 0 Å². The standard InChI is InChI=1S/C19H23N3O2S/c1-25-18-4-2-3-15(13-18)20-19(24)14-21-9-11-22(12-10-21)16-5-7-17(23)8-6-16/h2-8,13,23H,9-12,14H2,1H3,(H,20,24)/p+1. The fraction of sp³-hybridized carbons (Fsp3) is 0.316. The fourth-order valence-electron chi connectivity index (χ4n) is 3.05. The number of benzene rings is 2. The summed E-state index contributed by atoms with van der Waals surface area (Å²) in [4.78, 5) is 17.0. The lowest BCUT2D eigenvalue weighted by Gasteiger charge is -2.33. The van der Waals surface area contributed by atoms with E-state index >= 15 is 0 Å². The van der Waals surface area contributed by atoms with Gasteiger partial charge in [-0.1, -0.05) is 6.07 Å². The number of aromatic hydroxyl groups is 1.